The number of nitrogens with zero attached hydrogens (tertiary/aromatic N) is 4. The number of piperazine rings is 1. The van der Waals surface area contributed by atoms with E-state index in [4.69, 9.17) is 9.26 Å². The molecule has 3 rings (SSSR count). The Morgan fingerprint density at radius 1 is 1.38 bits per heavy atom. The number of hydrogen-bond acceptors (Lipinski definition) is 6. The molecule has 1 saturated heterocycles. The number of hydrogen-bond donors (Lipinski definition) is 0. The van der Waals surface area contributed by atoms with Crippen LogP contribution in [0.1, 0.15) is 23.3 Å². The maximum atomic E-state index is 12.7. The number of carbonyl (C=O) groups is 1. The third kappa shape index (κ3) is 3.41. The highest BCUT2D eigenvalue weighted by atomic mass is 16.5. The summed E-state index contributed by atoms with van der Waals surface area (Å²) in [7, 11) is 3.62. The minimum atomic E-state index is -0.0680. The van der Waals surface area contributed by atoms with E-state index in [0.29, 0.717) is 31.2 Å². The van der Waals surface area contributed by atoms with Gasteiger partial charge in [0.15, 0.2) is 5.82 Å². The predicted octanol–water partition coefficient (Wildman–Crippen LogP) is 1.44. The quantitative estimate of drug-likeness (QED) is 0.845. The van der Waals surface area contributed by atoms with Crippen molar-refractivity contribution in [1.29, 1.82) is 0 Å². The van der Waals surface area contributed by atoms with E-state index >= 15 is 0 Å². The first kappa shape index (κ1) is 16.4. The van der Waals surface area contributed by atoms with Crippen LogP contribution in [-0.2, 0) is 11.2 Å². The number of carbonyl (C=O) groups excluding carboxylic acids is 1. The number of methoxy groups -OCH3 is 1. The molecular formula is C17H22N4O3. The van der Waals surface area contributed by atoms with E-state index in [1.165, 1.54) is 0 Å². The summed E-state index contributed by atoms with van der Waals surface area (Å²) >= 11 is 0. The van der Waals surface area contributed by atoms with E-state index in [0.717, 1.165) is 17.9 Å². The fourth-order valence-electron chi connectivity index (χ4n) is 2.94. The Balaban J connectivity index is 1.71. The summed E-state index contributed by atoms with van der Waals surface area (Å²) < 4.78 is 10.6. The van der Waals surface area contributed by atoms with Crippen molar-refractivity contribution < 1.29 is 14.1 Å². The number of aromatic nitrogens is 2. The van der Waals surface area contributed by atoms with Gasteiger partial charge in [0, 0.05) is 25.2 Å². The molecule has 1 atom stereocenters. The molecule has 2 aromatic rings. The van der Waals surface area contributed by atoms with Crippen LogP contribution in [0, 0.1) is 6.92 Å². The van der Waals surface area contributed by atoms with Gasteiger partial charge >= 0.3 is 0 Å². The number of aryl methyl sites for hydroxylation is 1. The van der Waals surface area contributed by atoms with Crippen LogP contribution in [0.25, 0.3) is 0 Å². The molecule has 0 radical (unpaired) electrons. The van der Waals surface area contributed by atoms with Gasteiger partial charge in [-0.25, -0.2) is 0 Å². The molecule has 24 heavy (non-hydrogen) atoms. The lowest BCUT2D eigenvalue weighted by Gasteiger charge is -2.37. The zero-order valence-electron chi connectivity index (χ0n) is 14.2. The number of likely N-dealkylation sites (N-methyl/N-ethyl adjacent to an activating group) is 1. The monoisotopic (exact) mass is 330 g/mol. The molecule has 1 amide bonds. The Labute approximate surface area is 141 Å². The van der Waals surface area contributed by atoms with Gasteiger partial charge in [0.25, 0.3) is 0 Å². The van der Waals surface area contributed by atoms with E-state index in [-0.39, 0.29) is 11.9 Å². The third-order valence-corrected chi connectivity index (χ3v) is 4.36. The van der Waals surface area contributed by atoms with Gasteiger partial charge in [0.1, 0.15) is 11.8 Å². The molecule has 7 heteroatoms. The largest absolute Gasteiger partial charge is 0.496 e. The Kier molecular flexibility index (Phi) is 4.80. The molecule has 0 spiro atoms. The lowest BCUT2D eigenvalue weighted by atomic mass is 10.1. The van der Waals surface area contributed by atoms with Crippen LogP contribution in [-0.4, -0.2) is 59.6 Å². The molecule has 0 bridgehead atoms. The first-order chi connectivity index (χ1) is 11.6. The number of amides is 1. The van der Waals surface area contributed by atoms with Crippen LogP contribution in [0.15, 0.2) is 28.8 Å². The normalized spacial score (nSPS) is 18.6. The fraction of sp³-hybridized carbons (Fsp3) is 0.471. The smallest absolute Gasteiger partial charge is 0.245 e. The molecule has 1 aromatic heterocycles. The van der Waals surface area contributed by atoms with Crippen LogP contribution >= 0.6 is 0 Å². The van der Waals surface area contributed by atoms with Crippen molar-refractivity contribution in [2.75, 3.05) is 33.8 Å². The summed E-state index contributed by atoms with van der Waals surface area (Å²) in [5.41, 5.74) is 0.897. The first-order valence-electron chi connectivity index (χ1n) is 7.98. The first-order valence-corrected chi connectivity index (χ1v) is 7.98. The second-order valence-electron chi connectivity index (χ2n) is 6.00. The minimum Gasteiger partial charge on any atom is -0.496 e. The van der Waals surface area contributed by atoms with Gasteiger partial charge in [-0.2, -0.15) is 4.98 Å². The highest BCUT2D eigenvalue weighted by Crippen LogP contribution is 2.24. The van der Waals surface area contributed by atoms with Gasteiger partial charge in [0.2, 0.25) is 11.8 Å². The molecule has 1 fully saturated rings. The van der Waals surface area contributed by atoms with Crippen LogP contribution in [0.3, 0.4) is 0 Å². The summed E-state index contributed by atoms with van der Waals surface area (Å²) in [4.78, 5) is 21.0. The van der Waals surface area contributed by atoms with Crippen molar-refractivity contribution in [3.63, 3.8) is 0 Å². The summed E-state index contributed by atoms with van der Waals surface area (Å²) in [6, 6.07) is 7.54. The summed E-state index contributed by atoms with van der Waals surface area (Å²) in [6.45, 7) is 3.80. The molecule has 0 N–H and O–H groups in total. The van der Waals surface area contributed by atoms with Crippen LogP contribution < -0.4 is 4.74 Å². The van der Waals surface area contributed by atoms with Gasteiger partial charge in [-0.15, -0.1) is 0 Å². The van der Waals surface area contributed by atoms with Crippen molar-refractivity contribution in [3.8, 4) is 5.75 Å². The van der Waals surface area contributed by atoms with E-state index < -0.39 is 0 Å². The van der Waals surface area contributed by atoms with Crippen molar-refractivity contribution in [1.82, 2.24) is 19.9 Å². The lowest BCUT2D eigenvalue weighted by Crippen LogP contribution is -2.49. The highest BCUT2D eigenvalue weighted by Gasteiger charge is 2.32. The Morgan fingerprint density at radius 3 is 2.88 bits per heavy atom. The number of rotatable bonds is 4. The molecule has 0 saturated carbocycles. The van der Waals surface area contributed by atoms with Gasteiger partial charge in [-0.3, -0.25) is 9.69 Å². The molecular weight excluding hydrogens is 308 g/mol. The Bertz CT molecular complexity index is 715. The zero-order chi connectivity index (χ0) is 17.1. The van der Waals surface area contributed by atoms with Crippen molar-refractivity contribution in [2.24, 2.45) is 0 Å². The SMILES string of the molecule is COc1ccccc1CC(=O)N1CCN(C)[C@H](c2nc(C)no2)C1. The maximum Gasteiger partial charge on any atom is 0.245 e. The van der Waals surface area contributed by atoms with Crippen molar-refractivity contribution >= 4 is 5.91 Å². The van der Waals surface area contributed by atoms with Gasteiger partial charge in [-0.1, -0.05) is 23.4 Å². The second-order valence-corrected chi connectivity index (χ2v) is 6.00. The van der Waals surface area contributed by atoms with E-state index in [9.17, 15) is 4.79 Å². The van der Waals surface area contributed by atoms with Crippen molar-refractivity contribution in [2.45, 2.75) is 19.4 Å². The lowest BCUT2D eigenvalue weighted by molar-refractivity contribution is -0.133. The van der Waals surface area contributed by atoms with E-state index in [1.54, 1.807) is 14.0 Å². The predicted molar refractivity (Wildman–Crippen MR) is 87.7 cm³/mol. The second kappa shape index (κ2) is 7.00. The maximum absolute atomic E-state index is 12.7. The Hall–Kier alpha value is -2.41. The molecule has 0 unspecified atom stereocenters. The number of para-hydroxylation sites is 1. The molecule has 0 aliphatic carbocycles. The molecule has 1 aliphatic heterocycles. The molecule has 1 aliphatic rings. The molecule has 1 aromatic carbocycles. The Morgan fingerprint density at radius 2 is 2.17 bits per heavy atom. The highest BCUT2D eigenvalue weighted by molar-refractivity contribution is 5.79. The van der Waals surface area contributed by atoms with Gasteiger partial charge in [-0.05, 0) is 20.0 Å². The van der Waals surface area contributed by atoms with Gasteiger partial charge < -0.3 is 14.2 Å². The molecule has 2 heterocycles. The van der Waals surface area contributed by atoms with E-state index in [2.05, 4.69) is 15.0 Å². The average Bonchev–Trinajstić information content (AvgIpc) is 3.02. The molecule has 7 nitrogen and oxygen atoms in total. The topological polar surface area (TPSA) is 71.7 Å². The average molecular weight is 330 g/mol. The summed E-state index contributed by atoms with van der Waals surface area (Å²) in [5.74, 6) is 1.98. The molecule has 128 valence electrons. The number of benzene rings is 1. The fourth-order valence-corrected chi connectivity index (χ4v) is 2.94. The minimum absolute atomic E-state index is 0.0680. The zero-order valence-corrected chi connectivity index (χ0v) is 14.2. The van der Waals surface area contributed by atoms with Crippen molar-refractivity contribution in [3.05, 3.63) is 41.5 Å². The summed E-state index contributed by atoms with van der Waals surface area (Å²) in [5, 5.41) is 3.85. The van der Waals surface area contributed by atoms with Crippen LogP contribution in [0.5, 0.6) is 5.75 Å². The van der Waals surface area contributed by atoms with E-state index in [1.807, 2.05) is 36.2 Å². The van der Waals surface area contributed by atoms with Crippen LogP contribution in [0.2, 0.25) is 0 Å². The van der Waals surface area contributed by atoms with Crippen LogP contribution in [0.4, 0.5) is 0 Å². The van der Waals surface area contributed by atoms with Gasteiger partial charge in [0.05, 0.1) is 13.5 Å². The third-order valence-electron chi connectivity index (χ3n) is 4.36. The standard InChI is InChI=1S/C17H22N4O3/c1-12-18-17(24-19-12)14-11-21(9-8-20(14)2)16(22)10-13-6-4-5-7-15(13)23-3/h4-7,14H,8-11H2,1-3H3/t14-/m0/s1. The number of ether oxygens (including phenoxy) is 1. The summed E-state index contributed by atoms with van der Waals surface area (Å²) in [6.07, 6.45) is 0.323.